The van der Waals surface area contributed by atoms with Gasteiger partial charge in [0.05, 0.1) is 6.42 Å². The minimum absolute atomic E-state index is 0.0405. The highest BCUT2D eigenvalue weighted by Crippen LogP contribution is 2.39. The summed E-state index contributed by atoms with van der Waals surface area (Å²) in [5.74, 6) is 2.10. The molecule has 0 N–H and O–H groups in total. The average molecular weight is 317 g/mol. The van der Waals surface area contributed by atoms with E-state index in [9.17, 15) is 4.79 Å². The lowest BCUT2D eigenvalue weighted by molar-refractivity contribution is -0.134. The lowest BCUT2D eigenvalue weighted by atomic mass is 10.0. The van der Waals surface area contributed by atoms with Crippen molar-refractivity contribution in [1.29, 1.82) is 0 Å². The second kappa shape index (κ2) is 5.83. The topological polar surface area (TPSA) is 59.2 Å². The molecule has 1 aliphatic heterocycles. The van der Waals surface area contributed by atoms with Crippen LogP contribution in [-0.4, -0.2) is 27.5 Å². The van der Waals surface area contributed by atoms with Crippen LogP contribution in [0.5, 0.6) is 0 Å². The van der Waals surface area contributed by atoms with Crippen LogP contribution < -0.4 is 0 Å². The number of aromatic nitrogens is 2. The van der Waals surface area contributed by atoms with Gasteiger partial charge in [-0.25, -0.2) is 0 Å². The van der Waals surface area contributed by atoms with Gasteiger partial charge in [0.1, 0.15) is 6.04 Å². The maximum atomic E-state index is 12.6. The lowest BCUT2D eigenvalue weighted by Gasteiger charge is -2.33. The van der Waals surface area contributed by atoms with Gasteiger partial charge in [-0.1, -0.05) is 11.2 Å². The Bertz CT molecular complexity index is 648. The highest BCUT2D eigenvalue weighted by atomic mass is 32.1. The van der Waals surface area contributed by atoms with E-state index in [4.69, 9.17) is 4.52 Å². The molecule has 0 bridgehead atoms. The molecule has 6 heteroatoms. The van der Waals surface area contributed by atoms with E-state index in [0.29, 0.717) is 18.2 Å². The van der Waals surface area contributed by atoms with E-state index in [1.807, 2.05) is 22.4 Å². The smallest absolute Gasteiger partial charge is 0.249 e. The molecule has 3 heterocycles. The Kier molecular flexibility index (Phi) is 3.70. The lowest BCUT2D eigenvalue weighted by Crippen LogP contribution is -2.39. The molecule has 2 fully saturated rings. The van der Waals surface area contributed by atoms with Crippen molar-refractivity contribution in [2.45, 2.75) is 50.5 Å². The molecule has 2 aliphatic rings. The second-order valence-electron chi connectivity index (χ2n) is 6.12. The molecule has 1 saturated carbocycles. The first-order valence-corrected chi connectivity index (χ1v) is 8.84. The zero-order valence-electron chi connectivity index (χ0n) is 12.4. The number of piperidine rings is 1. The highest BCUT2D eigenvalue weighted by molar-refractivity contribution is 7.10. The van der Waals surface area contributed by atoms with Crippen LogP contribution in [0.4, 0.5) is 0 Å². The van der Waals surface area contributed by atoms with Gasteiger partial charge in [0, 0.05) is 17.3 Å². The van der Waals surface area contributed by atoms with E-state index in [1.54, 1.807) is 11.3 Å². The molecule has 0 unspecified atom stereocenters. The Hall–Kier alpha value is -1.69. The van der Waals surface area contributed by atoms with E-state index in [0.717, 1.165) is 49.4 Å². The van der Waals surface area contributed by atoms with Crippen LogP contribution >= 0.6 is 11.3 Å². The van der Waals surface area contributed by atoms with Gasteiger partial charge < -0.3 is 9.42 Å². The van der Waals surface area contributed by atoms with Crippen molar-refractivity contribution in [2.24, 2.45) is 0 Å². The van der Waals surface area contributed by atoms with Crippen molar-refractivity contribution in [2.75, 3.05) is 6.54 Å². The first-order valence-electron chi connectivity index (χ1n) is 7.96. The standard InChI is InChI=1S/C16H19N3O2S/c20-14(10-12-4-3-9-22-12)19-8-2-1-5-13(19)16-17-15(18-21-16)11-6-7-11/h3-4,9,11,13H,1-2,5-8,10H2/t13-/m1/s1. The van der Waals surface area contributed by atoms with E-state index in [2.05, 4.69) is 10.1 Å². The monoisotopic (exact) mass is 317 g/mol. The number of nitrogens with zero attached hydrogens (tertiary/aromatic N) is 3. The van der Waals surface area contributed by atoms with Crippen molar-refractivity contribution in [3.63, 3.8) is 0 Å². The van der Waals surface area contributed by atoms with Gasteiger partial charge in [0.2, 0.25) is 11.8 Å². The number of rotatable bonds is 4. The third-order valence-electron chi connectivity index (χ3n) is 4.41. The van der Waals surface area contributed by atoms with Crippen LogP contribution in [0.1, 0.15) is 60.7 Å². The number of hydrogen-bond acceptors (Lipinski definition) is 5. The summed E-state index contributed by atoms with van der Waals surface area (Å²) in [6, 6.07) is 3.96. The molecule has 2 aromatic rings. The molecule has 1 atom stereocenters. The summed E-state index contributed by atoms with van der Waals surface area (Å²) in [4.78, 5) is 20.2. The van der Waals surface area contributed by atoms with Crippen molar-refractivity contribution in [3.8, 4) is 0 Å². The van der Waals surface area contributed by atoms with Crippen LogP contribution in [0, 0.1) is 0 Å². The third-order valence-corrected chi connectivity index (χ3v) is 5.29. The van der Waals surface area contributed by atoms with Gasteiger partial charge >= 0.3 is 0 Å². The van der Waals surface area contributed by atoms with Crippen LogP contribution in [0.15, 0.2) is 22.0 Å². The molecule has 4 rings (SSSR count). The third kappa shape index (κ3) is 2.79. The van der Waals surface area contributed by atoms with Gasteiger partial charge in [-0.05, 0) is 43.6 Å². The van der Waals surface area contributed by atoms with E-state index in [-0.39, 0.29) is 11.9 Å². The fourth-order valence-electron chi connectivity index (χ4n) is 3.04. The summed E-state index contributed by atoms with van der Waals surface area (Å²) in [6.45, 7) is 0.788. The summed E-state index contributed by atoms with van der Waals surface area (Å²) in [5, 5.41) is 6.11. The molecule has 0 radical (unpaired) electrons. The Morgan fingerprint density at radius 1 is 1.36 bits per heavy atom. The Morgan fingerprint density at radius 2 is 2.27 bits per heavy atom. The number of likely N-dealkylation sites (tertiary alicyclic amines) is 1. The Balaban J connectivity index is 1.51. The maximum absolute atomic E-state index is 12.6. The van der Waals surface area contributed by atoms with Gasteiger partial charge in [0.25, 0.3) is 0 Å². The molecule has 22 heavy (non-hydrogen) atoms. The summed E-state index contributed by atoms with van der Waals surface area (Å²) in [6.07, 6.45) is 5.86. The summed E-state index contributed by atoms with van der Waals surface area (Å²) in [5.41, 5.74) is 0. The van der Waals surface area contributed by atoms with Crippen LogP contribution in [0.2, 0.25) is 0 Å². The summed E-state index contributed by atoms with van der Waals surface area (Å²) >= 11 is 1.63. The van der Waals surface area contributed by atoms with Crippen molar-refractivity contribution < 1.29 is 9.32 Å². The molecular weight excluding hydrogens is 298 g/mol. The van der Waals surface area contributed by atoms with Crippen molar-refractivity contribution >= 4 is 17.2 Å². The molecule has 0 spiro atoms. The normalized spacial score (nSPS) is 22.0. The average Bonchev–Trinajstić information content (AvgIpc) is 3.06. The van der Waals surface area contributed by atoms with Gasteiger partial charge in [-0.15, -0.1) is 11.3 Å². The molecular formula is C16H19N3O2S. The van der Waals surface area contributed by atoms with Crippen molar-refractivity contribution in [3.05, 3.63) is 34.1 Å². The van der Waals surface area contributed by atoms with Gasteiger partial charge in [-0.3, -0.25) is 4.79 Å². The number of hydrogen-bond donors (Lipinski definition) is 0. The molecule has 1 amide bonds. The molecule has 1 saturated heterocycles. The summed E-state index contributed by atoms with van der Waals surface area (Å²) < 4.78 is 5.47. The molecule has 2 aromatic heterocycles. The second-order valence-corrected chi connectivity index (χ2v) is 7.15. The SMILES string of the molecule is O=C(Cc1cccs1)N1CCCC[C@@H]1c1nc(C2CC2)no1. The number of carbonyl (C=O) groups is 1. The Labute approximate surface area is 133 Å². The fraction of sp³-hybridized carbons (Fsp3) is 0.562. The number of carbonyl (C=O) groups excluding carboxylic acids is 1. The first-order chi connectivity index (χ1) is 10.8. The van der Waals surface area contributed by atoms with Crippen LogP contribution in [0.25, 0.3) is 0 Å². The molecule has 1 aliphatic carbocycles. The molecule has 0 aromatic carbocycles. The van der Waals surface area contributed by atoms with Gasteiger partial charge in [0.15, 0.2) is 5.82 Å². The fourth-order valence-corrected chi connectivity index (χ4v) is 3.74. The van der Waals surface area contributed by atoms with Crippen LogP contribution in [-0.2, 0) is 11.2 Å². The molecule has 5 nitrogen and oxygen atoms in total. The molecule has 116 valence electrons. The van der Waals surface area contributed by atoms with E-state index < -0.39 is 0 Å². The highest BCUT2D eigenvalue weighted by Gasteiger charge is 2.34. The quantitative estimate of drug-likeness (QED) is 0.868. The first kappa shape index (κ1) is 13.9. The zero-order chi connectivity index (χ0) is 14.9. The number of amides is 1. The maximum Gasteiger partial charge on any atom is 0.249 e. The minimum atomic E-state index is -0.0405. The summed E-state index contributed by atoms with van der Waals surface area (Å²) in [7, 11) is 0. The van der Waals surface area contributed by atoms with Crippen molar-refractivity contribution in [1.82, 2.24) is 15.0 Å². The number of thiophene rings is 1. The van der Waals surface area contributed by atoms with Crippen LogP contribution in [0.3, 0.4) is 0 Å². The zero-order valence-corrected chi connectivity index (χ0v) is 13.2. The largest absolute Gasteiger partial charge is 0.337 e. The predicted octanol–water partition coefficient (Wildman–Crippen LogP) is 3.30. The Morgan fingerprint density at radius 3 is 3.05 bits per heavy atom. The van der Waals surface area contributed by atoms with Gasteiger partial charge in [-0.2, -0.15) is 4.98 Å². The predicted molar refractivity (Wildman–Crippen MR) is 82.6 cm³/mol. The van der Waals surface area contributed by atoms with E-state index >= 15 is 0 Å². The van der Waals surface area contributed by atoms with E-state index in [1.165, 1.54) is 0 Å². The minimum Gasteiger partial charge on any atom is -0.337 e.